The maximum Gasteiger partial charge on any atom is 0.230 e. The summed E-state index contributed by atoms with van der Waals surface area (Å²) < 4.78 is 5.99. The zero-order valence-corrected chi connectivity index (χ0v) is 20.4. The first-order valence-corrected chi connectivity index (χ1v) is 10.9. The molecule has 2 aliphatic carbocycles. The van der Waals surface area contributed by atoms with Gasteiger partial charge in [0.2, 0.25) is 5.91 Å². The van der Waals surface area contributed by atoms with Crippen LogP contribution >= 0.6 is 24.0 Å². The first-order valence-electron chi connectivity index (χ1n) is 10.9. The molecule has 2 rings (SSSR count). The number of guanidine groups is 1. The average Bonchev–Trinajstić information content (AvgIpc) is 3.16. The second kappa shape index (κ2) is 13.6. The summed E-state index contributed by atoms with van der Waals surface area (Å²) in [5.74, 6) is 1.04. The van der Waals surface area contributed by atoms with Crippen molar-refractivity contribution in [3.05, 3.63) is 0 Å². The summed E-state index contributed by atoms with van der Waals surface area (Å²) in [6.45, 7) is 5.10. The largest absolute Gasteiger partial charge is 0.378 e. The van der Waals surface area contributed by atoms with Crippen molar-refractivity contribution in [2.24, 2.45) is 10.4 Å². The molecule has 164 valence electrons. The Morgan fingerprint density at radius 3 is 2.39 bits per heavy atom. The van der Waals surface area contributed by atoms with E-state index < -0.39 is 0 Å². The van der Waals surface area contributed by atoms with Gasteiger partial charge in [0, 0.05) is 33.8 Å². The third-order valence-electron chi connectivity index (χ3n) is 5.82. The van der Waals surface area contributed by atoms with E-state index in [0.717, 1.165) is 57.8 Å². The van der Waals surface area contributed by atoms with Crippen molar-refractivity contribution in [2.45, 2.75) is 77.2 Å². The van der Waals surface area contributed by atoms with E-state index >= 15 is 0 Å². The van der Waals surface area contributed by atoms with Crippen molar-refractivity contribution >= 4 is 35.8 Å². The lowest BCUT2D eigenvalue weighted by molar-refractivity contribution is -0.138. The van der Waals surface area contributed by atoms with Crippen LogP contribution in [0.1, 0.15) is 71.1 Å². The van der Waals surface area contributed by atoms with E-state index in [4.69, 9.17) is 9.73 Å². The van der Waals surface area contributed by atoms with Crippen molar-refractivity contribution in [3.63, 3.8) is 0 Å². The van der Waals surface area contributed by atoms with E-state index in [1.54, 1.807) is 4.90 Å². The van der Waals surface area contributed by atoms with Crippen molar-refractivity contribution in [2.75, 3.05) is 40.3 Å². The Bertz CT molecular complexity index is 473. The lowest BCUT2D eigenvalue weighted by atomic mass is 9.85. The molecule has 7 heteroatoms. The number of carbonyl (C=O) groups excluding carboxylic acids is 1. The Balaban J connectivity index is 0.00000392. The van der Waals surface area contributed by atoms with E-state index in [9.17, 15) is 4.79 Å². The second-order valence-corrected chi connectivity index (χ2v) is 8.29. The van der Waals surface area contributed by atoms with Crippen LogP contribution in [0, 0.1) is 5.41 Å². The summed E-state index contributed by atoms with van der Waals surface area (Å²) in [6, 6.07) is 0. The highest BCUT2D eigenvalue weighted by Gasteiger charge is 2.42. The van der Waals surface area contributed by atoms with Crippen LogP contribution < -0.4 is 10.6 Å². The number of hydrogen-bond acceptors (Lipinski definition) is 3. The molecule has 0 heterocycles. The Morgan fingerprint density at radius 2 is 1.79 bits per heavy atom. The number of ether oxygens (including phenoxy) is 1. The first kappa shape index (κ1) is 25.5. The molecular weight excluding hydrogens is 467 g/mol. The number of nitrogens with one attached hydrogen (secondary N) is 2. The van der Waals surface area contributed by atoms with E-state index in [1.165, 1.54) is 32.1 Å². The monoisotopic (exact) mass is 508 g/mol. The minimum atomic E-state index is -0.310. The van der Waals surface area contributed by atoms with Gasteiger partial charge in [-0.3, -0.25) is 9.79 Å². The predicted octanol–water partition coefficient (Wildman–Crippen LogP) is 3.55. The summed E-state index contributed by atoms with van der Waals surface area (Å²) in [5.41, 5.74) is -0.310. The molecule has 2 fully saturated rings. The van der Waals surface area contributed by atoms with Crippen molar-refractivity contribution < 1.29 is 9.53 Å². The topological polar surface area (TPSA) is 66.0 Å². The lowest BCUT2D eigenvalue weighted by Crippen LogP contribution is -2.43. The summed E-state index contributed by atoms with van der Waals surface area (Å²) in [4.78, 5) is 19.2. The fraction of sp³-hybridized carbons (Fsp3) is 0.905. The van der Waals surface area contributed by atoms with E-state index in [2.05, 4.69) is 17.6 Å². The number of hydrogen-bond donors (Lipinski definition) is 2. The maximum atomic E-state index is 12.7. The third kappa shape index (κ3) is 8.05. The van der Waals surface area contributed by atoms with Gasteiger partial charge < -0.3 is 20.3 Å². The van der Waals surface area contributed by atoms with Gasteiger partial charge in [0.15, 0.2) is 5.96 Å². The van der Waals surface area contributed by atoms with Gasteiger partial charge in [0.05, 0.1) is 18.1 Å². The molecular formula is C21H41IN4O2. The van der Waals surface area contributed by atoms with Crippen molar-refractivity contribution in [3.8, 4) is 0 Å². The highest BCUT2D eigenvalue weighted by molar-refractivity contribution is 14.0. The Kier molecular flexibility index (Phi) is 12.4. The van der Waals surface area contributed by atoms with E-state index in [1.807, 2.05) is 14.1 Å². The fourth-order valence-corrected chi connectivity index (χ4v) is 4.30. The highest BCUT2D eigenvalue weighted by Crippen LogP contribution is 2.39. The van der Waals surface area contributed by atoms with Gasteiger partial charge in [-0.2, -0.15) is 0 Å². The van der Waals surface area contributed by atoms with Crippen LogP contribution in [0.3, 0.4) is 0 Å². The van der Waals surface area contributed by atoms with Gasteiger partial charge in [-0.1, -0.05) is 32.1 Å². The van der Waals surface area contributed by atoms with Crippen molar-refractivity contribution in [1.29, 1.82) is 0 Å². The molecule has 0 aromatic rings. The standard InChI is InChI=1S/C21H40N4O2.HI/c1-4-22-20(23-15-10-16-27-18-11-6-5-7-12-18)24-17-21(13-8-9-14-21)19(26)25(2)3;/h18H,4-17H2,1-3H3,(H2,22,23,24);1H. The molecule has 0 aliphatic heterocycles. The molecule has 0 aromatic heterocycles. The minimum absolute atomic E-state index is 0. The molecule has 0 radical (unpaired) electrons. The van der Waals surface area contributed by atoms with Crippen LogP contribution in [-0.4, -0.2) is 63.2 Å². The molecule has 0 bridgehead atoms. The Morgan fingerprint density at radius 1 is 1.11 bits per heavy atom. The molecule has 2 N–H and O–H groups in total. The fourth-order valence-electron chi connectivity index (χ4n) is 4.30. The molecule has 0 saturated heterocycles. The molecule has 0 atom stereocenters. The summed E-state index contributed by atoms with van der Waals surface area (Å²) >= 11 is 0. The summed E-state index contributed by atoms with van der Waals surface area (Å²) in [6.07, 6.45) is 12.0. The van der Waals surface area contributed by atoms with Gasteiger partial charge in [-0.15, -0.1) is 24.0 Å². The van der Waals surface area contributed by atoms with E-state index in [-0.39, 0.29) is 35.3 Å². The Labute approximate surface area is 188 Å². The second-order valence-electron chi connectivity index (χ2n) is 8.29. The summed E-state index contributed by atoms with van der Waals surface area (Å²) in [5, 5.41) is 6.71. The SMILES string of the molecule is CCNC(=NCC1(C(=O)N(C)C)CCCC1)NCCCOC1CCCCC1.I. The van der Waals surface area contributed by atoms with Crippen LogP contribution in [0.25, 0.3) is 0 Å². The van der Waals surface area contributed by atoms with Crippen LogP contribution in [0.5, 0.6) is 0 Å². The quantitative estimate of drug-likeness (QED) is 0.217. The third-order valence-corrected chi connectivity index (χ3v) is 5.82. The molecule has 1 amide bonds. The van der Waals surface area contributed by atoms with Gasteiger partial charge in [0.1, 0.15) is 0 Å². The van der Waals surface area contributed by atoms with E-state index in [0.29, 0.717) is 12.6 Å². The number of rotatable bonds is 9. The van der Waals surface area contributed by atoms with Gasteiger partial charge in [0.25, 0.3) is 0 Å². The average molecular weight is 508 g/mol. The molecule has 2 aliphatic rings. The smallest absolute Gasteiger partial charge is 0.230 e. The highest BCUT2D eigenvalue weighted by atomic mass is 127. The zero-order valence-electron chi connectivity index (χ0n) is 18.1. The molecule has 0 aromatic carbocycles. The maximum absolute atomic E-state index is 12.7. The molecule has 6 nitrogen and oxygen atoms in total. The zero-order chi connectivity index (χ0) is 19.5. The first-order chi connectivity index (χ1) is 13.1. The molecule has 0 unspecified atom stereocenters. The normalized spacial score (nSPS) is 19.8. The number of halogens is 1. The van der Waals surface area contributed by atoms with Crippen LogP contribution in [0.4, 0.5) is 0 Å². The number of aliphatic imine (C=N–C) groups is 1. The molecule has 2 saturated carbocycles. The number of amides is 1. The van der Waals surface area contributed by atoms with Gasteiger partial charge in [-0.25, -0.2) is 0 Å². The van der Waals surface area contributed by atoms with Gasteiger partial charge >= 0.3 is 0 Å². The number of carbonyl (C=O) groups is 1. The Hall–Kier alpha value is -0.570. The van der Waals surface area contributed by atoms with Crippen LogP contribution in [0.15, 0.2) is 4.99 Å². The van der Waals surface area contributed by atoms with Crippen LogP contribution in [-0.2, 0) is 9.53 Å². The van der Waals surface area contributed by atoms with Crippen LogP contribution in [0.2, 0.25) is 0 Å². The molecule has 0 spiro atoms. The lowest BCUT2D eigenvalue weighted by Gasteiger charge is -2.29. The minimum Gasteiger partial charge on any atom is -0.378 e. The number of nitrogens with zero attached hydrogens (tertiary/aromatic N) is 2. The van der Waals surface area contributed by atoms with Crippen molar-refractivity contribution in [1.82, 2.24) is 15.5 Å². The molecule has 28 heavy (non-hydrogen) atoms. The van der Waals surface area contributed by atoms with Gasteiger partial charge in [-0.05, 0) is 39.0 Å². The predicted molar refractivity (Wildman–Crippen MR) is 126 cm³/mol. The summed E-state index contributed by atoms with van der Waals surface area (Å²) in [7, 11) is 3.70.